The first-order chi connectivity index (χ1) is 26.8. The van der Waals surface area contributed by atoms with Crippen LogP contribution in [-0.2, 0) is 34.6 Å². The van der Waals surface area contributed by atoms with Crippen LogP contribution in [0.25, 0.3) is 0 Å². The summed E-state index contributed by atoms with van der Waals surface area (Å²) in [5.74, 6) is -1.52. The number of nitrogens with zero attached hydrogens (tertiary/aromatic N) is 4. The molecule has 1 aromatic heterocycles. The third kappa shape index (κ3) is 7.52. The fourth-order valence-corrected chi connectivity index (χ4v) is 10.6. The topological polar surface area (TPSA) is 191 Å². The minimum Gasteiger partial charge on any atom is -0.399 e. The van der Waals surface area contributed by atoms with Gasteiger partial charge in [-0.3, -0.25) is 19.1 Å². The van der Waals surface area contributed by atoms with Crippen LogP contribution in [0.15, 0.2) is 97.2 Å². The van der Waals surface area contributed by atoms with Crippen LogP contribution < -0.4 is 27.0 Å². The molecule has 3 heterocycles. The summed E-state index contributed by atoms with van der Waals surface area (Å²) in [6, 6.07) is 25.7. The van der Waals surface area contributed by atoms with Gasteiger partial charge in [0.1, 0.15) is 0 Å². The Kier molecular flexibility index (Phi) is 10.5. The quantitative estimate of drug-likeness (QED) is 0.0584. The Bertz CT molecular complexity index is 2240. The molecular formula is C41H45FN8O5Si. The second kappa shape index (κ2) is 15.3. The number of aliphatic hydroxyl groups excluding tert-OH is 1. The highest BCUT2D eigenvalue weighted by Gasteiger charge is 2.66. The Balaban J connectivity index is 1.20. The number of benzene rings is 4. The first kappa shape index (κ1) is 38.4. The summed E-state index contributed by atoms with van der Waals surface area (Å²) < 4.78 is 25.1. The van der Waals surface area contributed by atoms with Crippen molar-refractivity contribution in [3.8, 4) is 0 Å². The van der Waals surface area contributed by atoms with Gasteiger partial charge in [-0.25, -0.2) is 0 Å². The minimum atomic E-state index is -3.47. The number of nitrogen functional groups attached to an aromatic ring is 2. The number of rotatable bonds is 12. The Labute approximate surface area is 325 Å². The molecule has 4 aromatic carbocycles. The van der Waals surface area contributed by atoms with E-state index in [0.717, 1.165) is 5.56 Å². The molecule has 7 N–H and O–H groups in total. The molecule has 2 aliphatic rings. The molecule has 1 fully saturated rings. The molecule has 0 aliphatic carbocycles. The zero-order valence-corrected chi connectivity index (χ0v) is 32.4. The van der Waals surface area contributed by atoms with Crippen molar-refractivity contribution in [2.75, 3.05) is 33.6 Å². The molecule has 0 radical (unpaired) electrons. The SMILES string of the molecule is C[C@H]1[C@H]([Si](C)(C)F)[C@@H](CCn2cc(CCO)nn2)O[C@]12C(=O)N(Cc1ccc(NC(=O)c3ccc(N)cc3)cc1)c1ccc(NC(=O)c3ccc(N)cc3)cc12. The van der Waals surface area contributed by atoms with Crippen LogP contribution in [0.5, 0.6) is 0 Å². The highest BCUT2D eigenvalue weighted by molar-refractivity contribution is 6.72. The Morgan fingerprint density at radius 1 is 0.911 bits per heavy atom. The molecule has 7 rings (SSSR count). The molecule has 1 saturated heterocycles. The molecule has 0 bridgehead atoms. The van der Waals surface area contributed by atoms with Crippen LogP contribution in [0.4, 0.5) is 32.5 Å². The zero-order chi connectivity index (χ0) is 39.8. The van der Waals surface area contributed by atoms with Crippen LogP contribution in [0.1, 0.15) is 50.9 Å². The second-order valence-corrected chi connectivity index (χ2v) is 18.8. The highest BCUT2D eigenvalue weighted by Crippen LogP contribution is 2.60. The first-order valence-electron chi connectivity index (χ1n) is 18.5. The normalized spacial score (nSPS) is 20.3. The largest absolute Gasteiger partial charge is 0.399 e. The van der Waals surface area contributed by atoms with Gasteiger partial charge in [-0.1, -0.05) is 24.3 Å². The third-order valence-corrected chi connectivity index (χ3v) is 13.2. The lowest BCUT2D eigenvalue weighted by Crippen LogP contribution is -2.45. The van der Waals surface area contributed by atoms with Crippen molar-refractivity contribution in [1.29, 1.82) is 0 Å². The number of hydrogen-bond donors (Lipinski definition) is 5. The number of carbonyl (C=O) groups is 3. The van der Waals surface area contributed by atoms with Gasteiger partial charge in [-0.05, 0) is 104 Å². The van der Waals surface area contributed by atoms with E-state index in [-0.39, 0.29) is 30.9 Å². The van der Waals surface area contributed by atoms with Gasteiger partial charge in [0.2, 0.25) is 8.41 Å². The highest BCUT2D eigenvalue weighted by atomic mass is 28.4. The van der Waals surface area contributed by atoms with Crippen molar-refractivity contribution in [1.82, 2.24) is 15.0 Å². The van der Waals surface area contributed by atoms with Gasteiger partial charge in [0.25, 0.3) is 17.7 Å². The molecule has 13 nitrogen and oxygen atoms in total. The number of anilines is 5. The molecular weight excluding hydrogens is 732 g/mol. The van der Waals surface area contributed by atoms with E-state index < -0.39 is 31.6 Å². The smallest absolute Gasteiger partial charge is 0.264 e. The second-order valence-electron chi connectivity index (χ2n) is 15.0. The molecule has 3 amide bonds. The van der Waals surface area contributed by atoms with Crippen molar-refractivity contribution < 1.29 is 28.3 Å². The standard InChI is InChI=1S/C41H45FN8O5Si/c1-25-37(56(2,3)42)36(18-20-49-24-33(19-21-51)47-48-49)55-41(25)34-22-32(46-39(53)28-8-12-30(44)13-9-28)16-17-35(34)50(40(41)54)23-26-4-14-31(15-5-26)45-38(52)27-6-10-29(43)11-7-27/h4-17,22,24-25,36-37,51H,18-21,23,43-44H2,1-3H3,(H,45,52)(H,46,53)/t25-,36+,37-,41+/m0/s1. The average Bonchev–Trinajstić information content (AvgIpc) is 3.81. The fraction of sp³-hybridized carbons (Fsp3) is 0.293. The van der Waals surface area contributed by atoms with E-state index in [1.807, 2.05) is 19.1 Å². The van der Waals surface area contributed by atoms with Crippen LogP contribution >= 0.6 is 0 Å². The van der Waals surface area contributed by atoms with Gasteiger partial charge in [0, 0.05) is 76.7 Å². The van der Waals surface area contributed by atoms with Crippen LogP contribution in [0.2, 0.25) is 18.6 Å². The molecule has 4 atom stereocenters. The summed E-state index contributed by atoms with van der Waals surface area (Å²) in [6.45, 7) is 5.67. The predicted octanol–water partition coefficient (Wildman–Crippen LogP) is 5.89. The van der Waals surface area contributed by atoms with E-state index in [4.69, 9.17) is 16.2 Å². The van der Waals surface area contributed by atoms with Gasteiger partial charge >= 0.3 is 0 Å². The maximum Gasteiger partial charge on any atom is 0.264 e. The number of ether oxygens (including phenoxy) is 1. The van der Waals surface area contributed by atoms with Gasteiger partial charge < -0.3 is 41.0 Å². The summed E-state index contributed by atoms with van der Waals surface area (Å²) in [6.07, 6.45) is 1.86. The lowest BCUT2D eigenvalue weighted by Gasteiger charge is -2.31. The Hall–Kier alpha value is -5.90. The molecule has 5 aromatic rings. The number of aliphatic hydroxyl groups is 1. The lowest BCUT2D eigenvalue weighted by atomic mass is 9.82. The minimum absolute atomic E-state index is 0.0557. The number of nitrogens with two attached hydrogens (primary N) is 2. The van der Waals surface area contributed by atoms with Crippen LogP contribution in [-0.4, -0.2) is 58.9 Å². The lowest BCUT2D eigenvalue weighted by molar-refractivity contribution is -0.146. The Morgan fingerprint density at radius 3 is 2.09 bits per heavy atom. The first-order valence-corrected chi connectivity index (χ1v) is 21.5. The average molecular weight is 777 g/mol. The number of carbonyl (C=O) groups excluding carboxylic acids is 3. The molecule has 0 saturated carbocycles. The van der Waals surface area contributed by atoms with Crippen molar-refractivity contribution in [2.24, 2.45) is 5.92 Å². The maximum atomic E-state index is 16.5. The molecule has 0 unspecified atom stereocenters. The summed E-state index contributed by atoms with van der Waals surface area (Å²) in [7, 11) is -3.47. The number of halogens is 1. The zero-order valence-electron chi connectivity index (χ0n) is 31.4. The van der Waals surface area contributed by atoms with E-state index in [9.17, 15) is 14.7 Å². The summed E-state index contributed by atoms with van der Waals surface area (Å²) in [4.78, 5) is 42.8. The van der Waals surface area contributed by atoms with Crippen LogP contribution in [0.3, 0.4) is 0 Å². The molecule has 56 heavy (non-hydrogen) atoms. The van der Waals surface area contributed by atoms with Crippen molar-refractivity contribution in [3.63, 3.8) is 0 Å². The van der Waals surface area contributed by atoms with E-state index in [2.05, 4.69) is 20.9 Å². The molecule has 290 valence electrons. The van der Waals surface area contributed by atoms with Gasteiger partial charge in [-0.2, -0.15) is 0 Å². The van der Waals surface area contributed by atoms with Gasteiger partial charge in [-0.15, -0.1) is 5.10 Å². The monoisotopic (exact) mass is 776 g/mol. The molecule has 2 aliphatic heterocycles. The van der Waals surface area contributed by atoms with Gasteiger partial charge in [0.05, 0.1) is 24.0 Å². The van der Waals surface area contributed by atoms with Crippen molar-refractivity contribution in [3.05, 3.63) is 125 Å². The van der Waals surface area contributed by atoms with E-state index in [1.165, 1.54) is 0 Å². The van der Waals surface area contributed by atoms with E-state index in [0.29, 0.717) is 70.2 Å². The number of aromatic nitrogens is 3. The number of fused-ring (bicyclic) bond motifs is 2. The van der Waals surface area contributed by atoms with Crippen molar-refractivity contribution in [2.45, 2.75) is 63.2 Å². The number of aryl methyl sites for hydroxylation is 1. The predicted molar refractivity (Wildman–Crippen MR) is 215 cm³/mol. The van der Waals surface area contributed by atoms with Gasteiger partial charge in [0.15, 0.2) is 5.60 Å². The van der Waals surface area contributed by atoms with E-state index >= 15 is 8.90 Å². The Morgan fingerprint density at radius 2 is 1.50 bits per heavy atom. The van der Waals surface area contributed by atoms with Crippen molar-refractivity contribution >= 4 is 54.6 Å². The maximum absolute atomic E-state index is 16.5. The summed E-state index contributed by atoms with van der Waals surface area (Å²) in [5, 5.41) is 23.5. The number of nitrogens with one attached hydrogen (secondary N) is 2. The molecule has 15 heteroatoms. The summed E-state index contributed by atoms with van der Waals surface area (Å²) in [5.41, 5.74) is 15.1. The number of hydrogen-bond acceptors (Lipinski definition) is 9. The molecule has 1 spiro atoms. The number of amides is 3. The summed E-state index contributed by atoms with van der Waals surface area (Å²) >= 11 is 0. The van der Waals surface area contributed by atoms with E-state index in [1.54, 1.807) is 108 Å². The fourth-order valence-electron chi connectivity index (χ4n) is 8.04. The third-order valence-electron chi connectivity index (χ3n) is 10.7. The van der Waals surface area contributed by atoms with Crippen LogP contribution in [0, 0.1) is 5.92 Å².